The average molecular weight is 199 g/mol. The molecule has 0 bridgehead atoms. The van der Waals surface area contributed by atoms with E-state index in [1.165, 1.54) is 7.11 Å². The molecule has 1 aliphatic heterocycles. The van der Waals surface area contributed by atoms with Crippen molar-refractivity contribution in [3.05, 3.63) is 0 Å². The van der Waals surface area contributed by atoms with Gasteiger partial charge in [0, 0.05) is 0 Å². The van der Waals surface area contributed by atoms with E-state index in [2.05, 4.69) is 4.74 Å². The molecule has 5 nitrogen and oxygen atoms in total. The minimum Gasteiger partial charge on any atom is -0.468 e. The lowest BCUT2D eigenvalue weighted by molar-refractivity contribution is -0.157. The van der Waals surface area contributed by atoms with Crippen LogP contribution in [0.25, 0.3) is 0 Å². The second kappa shape index (κ2) is 3.95. The topological polar surface area (TPSA) is 68.6 Å². The largest absolute Gasteiger partial charge is 0.468 e. The standard InChI is InChI=1S/C9H13NO4/c1-9(2)13-5-7(14-9)6(4-10)8(11)12-3/h6-7H,5H2,1-3H3. The van der Waals surface area contributed by atoms with Crippen molar-refractivity contribution in [2.45, 2.75) is 25.7 Å². The fourth-order valence-corrected chi connectivity index (χ4v) is 1.29. The van der Waals surface area contributed by atoms with Crippen LogP contribution >= 0.6 is 0 Å². The molecule has 0 aliphatic carbocycles. The van der Waals surface area contributed by atoms with Crippen molar-refractivity contribution in [3.8, 4) is 6.07 Å². The van der Waals surface area contributed by atoms with E-state index in [-0.39, 0.29) is 6.61 Å². The molecular weight excluding hydrogens is 186 g/mol. The molecule has 1 saturated heterocycles. The van der Waals surface area contributed by atoms with Gasteiger partial charge < -0.3 is 14.2 Å². The van der Waals surface area contributed by atoms with Gasteiger partial charge in [-0.2, -0.15) is 5.26 Å². The first-order chi connectivity index (χ1) is 6.50. The summed E-state index contributed by atoms with van der Waals surface area (Å²) in [4.78, 5) is 11.2. The summed E-state index contributed by atoms with van der Waals surface area (Å²) in [5.74, 6) is -2.23. The Morgan fingerprint density at radius 1 is 1.71 bits per heavy atom. The van der Waals surface area contributed by atoms with E-state index >= 15 is 0 Å². The molecule has 5 heteroatoms. The molecule has 0 N–H and O–H groups in total. The second-order valence-electron chi connectivity index (χ2n) is 3.50. The van der Waals surface area contributed by atoms with Crippen LogP contribution in [-0.2, 0) is 19.0 Å². The lowest BCUT2D eigenvalue weighted by Gasteiger charge is -2.18. The maximum absolute atomic E-state index is 11.2. The van der Waals surface area contributed by atoms with Crippen LogP contribution in [-0.4, -0.2) is 31.6 Å². The van der Waals surface area contributed by atoms with Gasteiger partial charge in [-0.25, -0.2) is 0 Å². The monoisotopic (exact) mass is 199 g/mol. The van der Waals surface area contributed by atoms with Crippen LogP contribution in [0, 0.1) is 17.2 Å². The van der Waals surface area contributed by atoms with Gasteiger partial charge in [0.25, 0.3) is 0 Å². The summed E-state index contributed by atoms with van der Waals surface area (Å²) < 4.78 is 15.1. The molecule has 78 valence electrons. The molecule has 2 atom stereocenters. The predicted molar refractivity (Wildman–Crippen MR) is 46.0 cm³/mol. The number of methoxy groups -OCH3 is 1. The Bertz CT molecular complexity index is 268. The summed E-state index contributed by atoms with van der Waals surface area (Å²) in [7, 11) is 1.24. The molecule has 1 heterocycles. The quantitative estimate of drug-likeness (QED) is 0.604. The van der Waals surface area contributed by atoms with E-state index < -0.39 is 23.8 Å². The maximum atomic E-state index is 11.2. The highest BCUT2D eigenvalue weighted by Gasteiger charge is 2.41. The van der Waals surface area contributed by atoms with Crippen molar-refractivity contribution in [2.75, 3.05) is 13.7 Å². The van der Waals surface area contributed by atoms with Crippen LogP contribution < -0.4 is 0 Å². The molecule has 14 heavy (non-hydrogen) atoms. The van der Waals surface area contributed by atoms with Crippen LogP contribution in [0.1, 0.15) is 13.8 Å². The number of hydrogen-bond donors (Lipinski definition) is 0. The average Bonchev–Trinajstić information content (AvgIpc) is 2.47. The molecule has 0 amide bonds. The summed E-state index contributed by atoms with van der Waals surface area (Å²) >= 11 is 0. The number of hydrogen-bond acceptors (Lipinski definition) is 5. The molecule has 1 fully saturated rings. The fraction of sp³-hybridized carbons (Fsp3) is 0.778. The molecule has 1 aliphatic rings. The van der Waals surface area contributed by atoms with Gasteiger partial charge in [-0.15, -0.1) is 0 Å². The number of nitrogens with zero attached hydrogens (tertiary/aromatic N) is 1. The molecule has 0 spiro atoms. The van der Waals surface area contributed by atoms with E-state index in [1.807, 2.05) is 6.07 Å². The van der Waals surface area contributed by atoms with Gasteiger partial charge in [0.2, 0.25) is 0 Å². The number of rotatable bonds is 2. The molecule has 1 rings (SSSR count). The summed E-state index contributed by atoms with van der Waals surface area (Å²) in [6, 6.07) is 1.85. The normalized spacial score (nSPS) is 26.6. The summed E-state index contributed by atoms with van der Waals surface area (Å²) in [5.41, 5.74) is 0. The first-order valence-electron chi connectivity index (χ1n) is 4.29. The third kappa shape index (κ3) is 2.22. The van der Waals surface area contributed by atoms with Gasteiger partial charge in [-0.1, -0.05) is 0 Å². The van der Waals surface area contributed by atoms with Crippen molar-refractivity contribution in [1.82, 2.24) is 0 Å². The van der Waals surface area contributed by atoms with Crippen LogP contribution in [0.15, 0.2) is 0 Å². The Balaban J connectivity index is 2.65. The summed E-state index contributed by atoms with van der Waals surface area (Å²) in [6.07, 6.45) is -0.539. The van der Waals surface area contributed by atoms with Gasteiger partial charge in [-0.05, 0) is 13.8 Å². The first kappa shape index (κ1) is 11.0. The van der Waals surface area contributed by atoms with Crippen LogP contribution in [0.5, 0.6) is 0 Å². The smallest absolute Gasteiger partial charge is 0.325 e. The van der Waals surface area contributed by atoms with Crippen LogP contribution in [0.3, 0.4) is 0 Å². The zero-order valence-electron chi connectivity index (χ0n) is 8.44. The summed E-state index contributed by atoms with van der Waals surface area (Å²) in [5, 5.41) is 8.77. The highest BCUT2D eigenvalue weighted by molar-refractivity contribution is 5.75. The van der Waals surface area contributed by atoms with Crippen molar-refractivity contribution in [3.63, 3.8) is 0 Å². The van der Waals surface area contributed by atoms with E-state index in [4.69, 9.17) is 14.7 Å². The van der Waals surface area contributed by atoms with Gasteiger partial charge in [0.1, 0.15) is 6.10 Å². The summed E-state index contributed by atoms with van der Waals surface area (Å²) in [6.45, 7) is 3.71. The Kier molecular flexibility index (Phi) is 3.09. The van der Waals surface area contributed by atoms with E-state index in [1.54, 1.807) is 13.8 Å². The molecular formula is C9H13NO4. The van der Waals surface area contributed by atoms with Crippen LogP contribution in [0.2, 0.25) is 0 Å². The van der Waals surface area contributed by atoms with Gasteiger partial charge in [0.15, 0.2) is 11.7 Å². The van der Waals surface area contributed by atoms with Gasteiger partial charge >= 0.3 is 5.97 Å². The first-order valence-corrected chi connectivity index (χ1v) is 4.29. The zero-order valence-corrected chi connectivity index (χ0v) is 8.44. The van der Waals surface area contributed by atoms with Crippen molar-refractivity contribution >= 4 is 5.97 Å². The number of carbonyl (C=O) groups excluding carboxylic acids is 1. The molecule has 2 unspecified atom stereocenters. The van der Waals surface area contributed by atoms with Gasteiger partial charge in [-0.3, -0.25) is 4.79 Å². The number of nitriles is 1. The lowest BCUT2D eigenvalue weighted by Crippen LogP contribution is -2.31. The number of esters is 1. The fourth-order valence-electron chi connectivity index (χ4n) is 1.29. The molecule has 0 radical (unpaired) electrons. The highest BCUT2D eigenvalue weighted by atomic mass is 16.7. The van der Waals surface area contributed by atoms with E-state index in [9.17, 15) is 4.79 Å². The van der Waals surface area contributed by atoms with Crippen LogP contribution in [0.4, 0.5) is 0 Å². The zero-order chi connectivity index (χ0) is 10.8. The maximum Gasteiger partial charge on any atom is 0.325 e. The molecule has 0 aromatic carbocycles. The molecule has 0 aromatic rings. The van der Waals surface area contributed by atoms with Gasteiger partial charge in [0.05, 0.1) is 19.8 Å². The number of carbonyl (C=O) groups is 1. The molecule has 0 aromatic heterocycles. The van der Waals surface area contributed by atoms with E-state index in [0.29, 0.717) is 0 Å². The Morgan fingerprint density at radius 3 is 2.71 bits per heavy atom. The van der Waals surface area contributed by atoms with Crippen molar-refractivity contribution < 1.29 is 19.0 Å². The highest BCUT2D eigenvalue weighted by Crippen LogP contribution is 2.26. The molecule has 0 saturated carbocycles. The lowest BCUT2D eigenvalue weighted by atomic mass is 10.1. The minimum atomic E-state index is -0.915. The minimum absolute atomic E-state index is 0.236. The second-order valence-corrected chi connectivity index (χ2v) is 3.50. The SMILES string of the molecule is COC(=O)C(C#N)C1COC(C)(C)O1. The predicted octanol–water partition coefficient (Wildman–Crippen LogP) is 0.451. The van der Waals surface area contributed by atoms with Crippen molar-refractivity contribution in [1.29, 1.82) is 5.26 Å². The third-order valence-electron chi connectivity index (χ3n) is 2.00. The third-order valence-corrected chi connectivity index (χ3v) is 2.00. The Morgan fingerprint density at radius 2 is 2.36 bits per heavy atom. The van der Waals surface area contributed by atoms with Crippen molar-refractivity contribution in [2.24, 2.45) is 5.92 Å². The number of ether oxygens (including phenoxy) is 3. The van der Waals surface area contributed by atoms with E-state index in [0.717, 1.165) is 0 Å². The Labute approximate surface area is 82.5 Å². The Hall–Kier alpha value is -1.12.